The SMILES string of the molecule is CCOP(=O)(CC)OC(F)c1ccccc1. The van der Waals surface area contributed by atoms with Crippen LogP contribution in [0, 0.1) is 0 Å². The molecule has 5 heteroatoms. The van der Waals surface area contributed by atoms with Crippen LogP contribution in [0.1, 0.15) is 25.8 Å². The summed E-state index contributed by atoms with van der Waals surface area (Å²) in [6.07, 6.45) is -1.55. The lowest BCUT2D eigenvalue weighted by molar-refractivity contribution is 0.0468. The third-order valence-corrected chi connectivity index (χ3v) is 3.96. The van der Waals surface area contributed by atoms with Gasteiger partial charge in [0.15, 0.2) is 0 Å². The topological polar surface area (TPSA) is 35.5 Å². The van der Waals surface area contributed by atoms with Crippen molar-refractivity contribution in [3.05, 3.63) is 35.9 Å². The summed E-state index contributed by atoms with van der Waals surface area (Å²) in [5.74, 6) is 0. The van der Waals surface area contributed by atoms with Gasteiger partial charge in [0, 0.05) is 11.7 Å². The predicted molar refractivity (Wildman–Crippen MR) is 61.1 cm³/mol. The van der Waals surface area contributed by atoms with E-state index in [9.17, 15) is 8.96 Å². The normalized spacial score (nSPS) is 16.7. The molecule has 1 rings (SSSR count). The third-order valence-electron chi connectivity index (χ3n) is 2.03. The molecule has 0 radical (unpaired) electrons. The lowest BCUT2D eigenvalue weighted by Crippen LogP contribution is -2.02. The number of hydrogen-bond acceptors (Lipinski definition) is 3. The summed E-state index contributed by atoms with van der Waals surface area (Å²) in [6.45, 7) is 3.59. The highest BCUT2D eigenvalue weighted by atomic mass is 31.2. The van der Waals surface area contributed by atoms with Crippen LogP contribution in [0.15, 0.2) is 30.3 Å². The van der Waals surface area contributed by atoms with Gasteiger partial charge in [-0.2, -0.15) is 0 Å². The van der Waals surface area contributed by atoms with Gasteiger partial charge in [-0.15, -0.1) is 0 Å². The van der Waals surface area contributed by atoms with E-state index in [2.05, 4.69) is 0 Å². The summed E-state index contributed by atoms with van der Waals surface area (Å²) in [7, 11) is -3.30. The fourth-order valence-electron chi connectivity index (χ4n) is 1.20. The van der Waals surface area contributed by atoms with Crippen molar-refractivity contribution < 1.29 is 18.0 Å². The van der Waals surface area contributed by atoms with Gasteiger partial charge in [-0.1, -0.05) is 37.3 Å². The minimum atomic E-state index is -3.30. The number of hydrogen-bond donors (Lipinski definition) is 0. The smallest absolute Gasteiger partial charge is 0.309 e. The van der Waals surface area contributed by atoms with Gasteiger partial charge in [0.2, 0.25) is 6.36 Å². The van der Waals surface area contributed by atoms with Crippen LogP contribution in [0.5, 0.6) is 0 Å². The summed E-state index contributed by atoms with van der Waals surface area (Å²) in [6, 6.07) is 8.33. The Morgan fingerprint density at radius 1 is 1.31 bits per heavy atom. The highest BCUT2D eigenvalue weighted by Crippen LogP contribution is 2.51. The Balaban J connectivity index is 2.70. The van der Waals surface area contributed by atoms with Gasteiger partial charge in [0.25, 0.3) is 0 Å². The predicted octanol–water partition coefficient (Wildman–Crippen LogP) is 3.92. The molecule has 0 N–H and O–H groups in total. The molecule has 0 fully saturated rings. The molecule has 0 aromatic heterocycles. The molecule has 0 amide bonds. The van der Waals surface area contributed by atoms with Crippen molar-refractivity contribution in [2.75, 3.05) is 12.8 Å². The Labute approximate surface area is 95.1 Å². The average Bonchev–Trinajstić information content (AvgIpc) is 2.30. The van der Waals surface area contributed by atoms with Crippen molar-refractivity contribution >= 4 is 7.60 Å². The van der Waals surface area contributed by atoms with Crippen LogP contribution in [0.2, 0.25) is 0 Å². The van der Waals surface area contributed by atoms with Gasteiger partial charge < -0.3 is 4.52 Å². The van der Waals surface area contributed by atoms with E-state index in [1.54, 1.807) is 44.2 Å². The standard InChI is InChI=1S/C11H16FO3P/c1-3-14-16(13,4-2)15-11(12)10-8-6-5-7-9-10/h5-9,11H,3-4H2,1-2H3. The maximum Gasteiger partial charge on any atom is 0.333 e. The molecule has 0 saturated heterocycles. The molecule has 1 aromatic carbocycles. The molecule has 1 aromatic rings. The summed E-state index contributed by atoms with van der Waals surface area (Å²) < 4.78 is 35.4. The molecule has 0 bridgehead atoms. The number of alkyl halides is 1. The highest BCUT2D eigenvalue weighted by Gasteiger charge is 2.27. The quantitative estimate of drug-likeness (QED) is 0.713. The fraction of sp³-hybridized carbons (Fsp3) is 0.455. The first kappa shape index (κ1) is 13.4. The van der Waals surface area contributed by atoms with Crippen LogP contribution in [-0.4, -0.2) is 12.8 Å². The summed E-state index contributed by atoms with van der Waals surface area (Å²) in [5, 5.41) is 0. The zero-order valence-electron chi connectivity index (χ0n) is 9.43. The Morgan fingerprint density at radius 3 is 2.44 bits per heavy atom. The van der Waals surface area contributed by atoms with Crippen molar-refractivity contribution in [3.63, 3.8) is 0 Å². The van der Waals surface area contributed by atoms with E-state index < -0.39 is 14.0 Å². The van der Waals surface area contributed by atoms with Crippen molar-refractivity contribution in [1.29, 1.82) is 0 Å². The van der Waals surface area contributed by atoms with Crippen LogP contribution in [-0.2, 0) is 13.6 Å². The van der Waals surface area contributed by atoms with Gasteiger partial charge in [-0.05, 0) is 6.92 Å². The van der Waals surface area contributed by atoms with E-state index in [0.717, 1.165) is 0 Å². The lowest BCUT2D eigenvalue weighted by atomic mass is 10.2. The lowest BCUT2D eigenvalue weighted by Gasteiger charge is -2.18. The van der Waals surface area contributed by atoms with E-state index in [1.165, 1.54) is 0 Å². The molecule has 0 spiro atoms. The Bertz CT molecular complexity index is 356. The maximum atomic E-state index is 13.7. The molecular formula is C11H16FO3P. The van der Waals surface area contributed by atoms with Crippen LogP contribution in [0.4, 0.5) is 4.39 Å². The molecule has 0 aliphatic rings. The summed E-state index contributed by atoms with van der Waals surface area (Å²) in [5.41, 5.74) is 0.343. The van der Waals surface area contributed by atoms with E-state index in [1.807, 2.05) is 0 Å². The Kier molecular flexibility index (Phi) is 5.13. The van der Waals surface area contributed by atoms with Crippen molar-refractivity contribution in [2.45, 2.75) is 20.2 Å². The van der Waals surface area contributed by atoms with Crippen molar-refractivity contribution in [2.24, 2.45) is 0 Å². The molecule has 2 atom stereocenters. The molecule has 3 nitrogen and oxygen atoms in total. The minimum absolute atomic E-state index is 0.161. The number of benzene rings is 1. The number of halogens is 1. The zero-order valence-corrected chi connectivity index (χ0v) is 10.3. The van der Waals surface area contributed by atoms with Crippen LogP contribution < -0.4 is 0 Å². The van der Waals surface area contributed by atoms with Crippen molar-refractivity contribution in [3.8, 4) is 0 Å². The minimum Gasteiger partial charge on any atom is -0.309 e. The molecule has 0 heterocycles. The third kappa shape index (κ3) is 3.71. The van der Waals surface area contributed by atoms with E-state index in [0.29, 0.717) is 5.56 Å². The second-order valence-corrected chi connectivity index (χ2v) is 5.50. The molecule has 90 valence electrons. The van der Waals surface area contributed by atoms with Crippen LogP contribution in [0.3, 0.4) is 0 Å². The number of rotatable bonds is 6. The highest BCUT2D eigenvalue weighted by molar-refractivity contribution is 7.53. The second kappa shape index (κ2) is 6.14. The van der Waals surface area contributed by atoms with E-state index in [-0.39, 0.29) is 12.8 Å². The summed E-state index contributed by atoms with van der Waals surface area (Å²) in [4.78, 5) is 0. The van der Waals surface area contributed by atoms with Crippen molar-refractivity contribution in [1.82, 2.24) is 0 Å². The first-order valence-electron chi connectivity index (χ1n) is 5.22. The molecule has 2 unspecified atom stereocenters. The Hall–Kier alpha value is -0.700. The molecule has 0 aliphatic carbocycles. The van der Waals surface area contributed by atoms with Crippen LogP contribution >= 0.6 is 7.60 Å². The summed E-state index contributed by atoms with van der Waals surface area (Å²) >= 11 is 0. The second-order valence-electron chi connectivity index (χ2n) is 3.18. The largest absolute Gasteiger partial charge is 0.333 e. The van der Waals surface area contributed by atoms with E-state index in [4.69, 9.17) is 9.05 Å². The first-order chi connectivity index (χ1) is 7.61. The van der Waals surface area contributed by atoms with Gasteiger partial charge in [-0.3, -0.25) is 9.09 Å². The molecular weight excluding hydrogens is 230 g/mol. The van der Waals surface area contributed by atoms with Gasteiger partial charge in [0.05, 0.1) is 6.61 Å². The average molecular weight is 246 g/mol. The maximum absolute atomic E-state index is 13.7. The fourth-order valence-corrected chi connectivity index (χ4v) is 2.39. The van der Waals surface area contributed by atoms with Crippen LogP contribution in [0.25, 0.3) is 0 Å². The van der Waals surface area contributed by atoms with Gasteiger partial charge in [0.1, 0.15) is 0 Å². The van der Waals surface area contributed by atoms with E-state index >= 15 is 0 Å². The zero-order chi connectivity index (χ0) is 12.0. The molecule has 0 saturated carbocycles. The first-order valence-corrected chi connectivity index (χ1v) is 6.95. The Morgan fingerprint density at radius 2 is 1.94 bits per heavy atom. The van der Waals surface area contributed by atoms with Gasteiger partial charge in [-0.25, -0.2) is 4.39 Å². The molecule has 0 aliphatic heterocycles. The van der Waals surface area contributed by atoms with Gasteiger partial charge >= 0.3 is 7.60 Å². The molecule has 16 heavy (non-hydrogen) atoms. The monoisotopic (exact) mass is 246 g/mol.